The van der Waals surface area contributed by atoms with Gasteiger partial charge in [-0.2, -0.15) is 5.26 Å². The number of carbonyl (C=O) groups is 1. The van der Waals surface area contributed by atoms with E-state index in [1.807, 2.05) is 30.3 Å². The molecule has 0 saturated carbocycles. The fourth-order valence-electron chi connectivity index (χ4n) is 1.58. The number of benzene rings is 1. The van der Waals surface area contributed by atoms with Crippen LogP contribution in [0.25, 0.3) is 10.2 Å². The van der Waals surface area contributed by atoms with Crippen molar-refractivity contribution >= 4 is 55.7 Å². The largest absolute Gasteiger partial charge is 0.301 e. The van der Waals surface area contributed by atoms with Crippen LogP contribution in [0.15, 0.2) is 34.8 Å². The van der Waals surface area contributed by atoms with Crippen molar-refractivity contribution in [3.05, 3.63) is 35.3 Å². The molecule has 0 saturated heterocycles. The van der Waals surface area contributed by atoms with E-state index < -0.39 is 0 Å². The van der Waals surface area contributed by atoms with Gasteiger partial charge in [0.05, 0.1) is 22.2 Å². The third-order valence-electron chi connectivity index (χ3n) is 2.46. The zero-order valence-electron chi connectivity index (χ0n) is 10.6. The third-order valence-corrected chi connectivity index (χ3v) is 5.46. The Kier molecular flexibility index (Phi) is 4.15. The summed E-state index contributed by atoms with van der Waals surface area (Å²) in [6.07, 6.45) is 1.45. The van der Waals surface area contributed by atoms with Gasteiger partial charge in [-0.3, -0.25) is 4.79 Å². The lowest BCUT2D eigenvalue weighted by molar-refractivity contribution is -0.113. The lowest BCUT2D eigenvalue weighted by Crippen LogP contribution is -2.13. The topological polar surface area (TPSA) is 78.7 Å². The van der Waals surface area contributed by atoms with Crippen molar-refractivity contribution in [2.75, 3.05) is 11.1 Å². The summed E-state index contributed by atoms with van der Waals surface area (Å²) in [6.45, 7) is 0. The summed E-state index contributed by atoms with van der Waals surface area (Å²) < 4.78 is 1.97. The zero-order valence-corrected chi connectivity index (χ0v) is 13.0. The van der Waals surface area contributed by atoms with Crippen LogP contribution in [-0.4, -0.2) is 21.6 Å². The fraction of sp³-hybridized carbons (Fsp3) is 0.0769. The normalized spacial score (nSPS) is 10.4. The Morgan fingerprint density at radius 2 is 2.24 bits per heavy atom. The van der Waals surface area contributed by atoms with Crippen LogP contribution in [-0.2, 0) is 4.79 Å². The van der Waals surface area contributed by atoms with Crippen LogP contribution >= 0.6 is 34.4 Å². The van der Waals surface area contributed by atoms with Crippen LogP contribution in [0.2, 0.25) is 0 Å². The number of anilines is 1. The van der Waals surface area contributed by atoms with Gasteiger partial charge in [-0.05, 0) is 12.1 Å². The minimum absolute atomic E-state index is 0.155. The molecule has 1 amide bonds. The van der Waals surface area contributed by atoms with Crippen molar-refractivity contribution in [1.82, 2.24) is 9.97 Å². The molecule has 0 aliphatic carbocycles. The Morgan fingerprint density at radius 3 is 3.00 bits per heavy atom. The molecule has 0 aliphatic heterocycles. The molecule has 0 spiro atoms. The number of thioether (sulfide) groups is 1. The van der Waals surface area contributed by atoms with Crippen molar-refractivity contribution in [2.45, 2.75) is 4.34 Å². The van der Waals surface area contributed by atoms with Crippen molar-refractivity contribution in [2.24, 2.45) is 0 Å². The Labute approximate surface area is 132 Å². The first-order chi connectivity index (χ1) is 10.2. The lowest BCUT2D eigenvalue weighted by atomic mass is 10.3. The second-order valence-corrected chi connectivity index (χ2v) is 7.21. The smallest absolute Gasteiger partial charge is 0.236 e. The summed E-state index contributed by atoms with van der Waals surface area (Å²) in [5.41, 5.74) is 0.948. The van der Waals surface area contributed by atoms with Crippen LogP contribution in [0.1, 0.15) is 4.88 Å². The van der Waals surface area contributed by atoms with Gasteiger partial charge >= 0.3 is 0 Å². The molecule has 8 heteroatoms. The maximum atomic E-state index is 11.8. The summed E-state index contributed by atoms with van der Waals surface area (Å²) in [6, 6.07) is 9.86. The van der Waals surface area contributed by atoms with E-state index in [0.717, 1.165) is 25.9 Å². The minimum Gasteiger partial charge on any atom is -0.301 e. The Hall–Kier alpha value is -1.95. The van der Waals surface area contributed by atoms with Crippen molar-refractivity contribution in [3.63, 3.8) is 0 Å². The number of rotatable bonds is 4. The molecule has 2 heterocycles. The molecule has 3 aromatic rings. The van der Waals surface area contributed by atoms with Crippen LogP contribution in [0.4, 0.5) is 5.13 Å². The zero-order chi connectivity index (χ0) is 14.7. The highest BCUT2D eigenvalue weighted by molar-refractivity contribution is 8.01. The summed E-state index contributed by atoms with van der Waals surface area (Å²) in [7, 11) is 0. The van der Waals surface area contributed by atoms with Crippen LogP contribution < -0.4 is 5.32 Å². The molecule has 21 heavy (non-hydrogen) atoms. The lowest BCUT2D eigenvalue weighted by Gasteiger charge is -1.98. The molecule has 0 fully saturated rings. The number of carbonyl (C=O) groups excluding carboxylic acids is 1. The van der Waals surface area contributed by atoms with E-state index in [2.05, 4.69) is 15.3 Å². The predicted molar refractivity (Wildman–Crippen MR) is 85.8 cm³/mol. The van der Waals surface area contributed by atoms with E-state index in [4.69, 9.17) is 5.26 Å². The van der Waals surface area contributed by atoms with E-state index in [9.17, 15) is 4.79 Å². The summed E-state index contributed by atoms with van der Waals surface area (Å²) in [5, 5.41) is 11.8. The second-order valence-electron chi connectivity index (χ2n) is 3.93. The van der Waals surface area contributed by atoms with Gasteiger partial charge in [0.15, 0.2) is 9.47 Å². The van der Waals surface area contributed by atoms with Gasteiger partial charge in [-0.25, -0.2) is 9.97 Å². The number of hydrogen-bond acceptors (Lipinski definition) is 7. The maximum Gasteiger partial charge on any atom is 0.236 e. The SMILES string of the molecule is N#Cc1cnc(NC(=O)CSc2nc3ccccc3s2)s1. The highest BCUT2D eigenvalue weighted by Crippen LogP contribution is 2.29. The molecule has 104 valence electrons. The number of amides is 1. The minimum atomic E-state index is -0.155. The van der Waals surface area contributed by atoms with Crippen molar-refractivity contribution < 1.29 is 4.79 Å². The monoisotopic (exact) mass is 332 g/mol. The number of nitriles is 1. The van der Waals surface area contributed by atoms with Gasteiger partial charge in [-0.1, -0.05) is 35.2 Å². The first kappa shape index (κ1) is 14.0. The van der Waals surface area contributed by atoms with Gasteiger partial charge in [0.2, 0.25) is 5.91 Å². The Bertz CT molecular complexity index is 800. The number of aromatic nitrogens is 2. The number of para-hydroxylation sites is 1. The van der Waals surface area contributed by atoms with Gasteiger partial charge in [0, 0.05) is 0 Å². The van der Waals surface area contributed by atoms with Crippen LogP contribution in [0, 0.1) is 11.3 Å². The summed E-state index contributed by atoms with van der Waals surface area (Å²) in [5.74, 6) is 0.111. The summed E-state index contributed by atoms with van der Waals surface area (Å²) >= 11 is 4.12. The van der Waals surface area contributed by atoms with E-state index in [1.165, 1.54) is 18.0 Å². The van der Waals surface area contributed by atoms with Crippen LogP contribution in [0.5, 0.6) is 0 Å². The number of nitrogens with zero attached hydrogens (tertiary/aromatic N) is 3. The van der Waals surface area contributed by atoms with E-state index in [1.54, 1.807) is 11.3 Å². The average Bonchev–Trinajstić information content (AvgIpc) is 3.10. The number of nitrogens with one attached hydrogen (secondary N) is 1. The molecule has 0 radical (unpaired) electrons. The number of thiazole rings is 2. The van der Waals surface area contributed by atoms with Gasteiger partial charge in [0.25, 0.3) is 0 Å². The quantitative estimate of drug-likeness (QED) is 0.741. The molecule has 3 rings (SSSR count). The van der Waals surface area contributed by atoms with Gasteiger partial charge in [0.1, 0.15) is 10.9 Å². The van der Waals surface area contributed by atoms with E-state index >= 15 is 0 Å². The van der Waals surface area contributed by atoms with E-state index in [-0.39, 0.29) is 11.7 Å². The first-order valence-corrected chi connectivity index (χ1v) is 8.50. The Morgan fingerprint density at radius 1 is 1.38 bits per heavy atom. The highest BCUT2D eigenvalue weighted by atomic mass is 32.2. The number of fused-ring (bicyclic) bond motifs is 1. The van der Waals surface area contributed by atoms with Gasteiger partial charge in [-0.15, -0.1) is 11.3 Å². The maximum absolute atomic E-state index is 11.8. The summed E-state index contributed by atoms with van der Waals surface area (Å²) in [4.78, 5) is 20.7. The van der Waals surface area contributed by atoms with Crippen molar-refractivity contribution in [3.8, 4) is 6.07 Å². The van der Waals surface area contributed by atoms with Gasteiger partial charge < -0.3 is 5.32 Å². The molecular weight excluding hydrogens is 324 g/mol. The third kappa shape index (κ3) is 3.39. The molecule has 0 aliphatic rings. The second kappa shape index (κ2) is 6.22. The number of hydrogen-bond donors (Lipinski definition) is 1. The molecule has 0 unspecified atom stereocenters. The van der Waals surface area contributed by atoms with E-state index in [0.29, 0.717) is 10.0 Å². The first-order valence-electron chi connectivity index (χ1n) is 5.89. The molecule has 2 aromatic heterocycles. The molecular formula is C13H8N4OS3. The van der Waals surface area contributed by atoms with Crippen LogP contribution in [0.3, 0.4) is 0 Å². The standard InChI is InChI=1S/C13H8N4OS3/c14-5-8-6-15-12(20-8)17-11(18)7-19-13-16-9-3-1-2-4-10(9)21-13/h1-4,6H,7H2,(H,15,17,18). The Balaban J connectivity index is 1.59. The average molecular weight is 332 g/mol. The molecule has 1 aromatic carbocycles. The molecule has 1 N–H and O–H groups in total. The van der Waals surface area contributed by atoms with Crippen molar-refractivity contribution in [1.29, 1.82) is 5.26 Å². The molecule has 5 nitrogen and oxygen atoms in total. The molecule has 0 atom stereocenters. The predicted octanol–water partition coefficient (Wildman–Crippen LogP) is 3.36. The fourth-order valence-corrected chi connectivity index (χ4v) is 4.08. The molecule has 0 bridgehead atoms. The highest BCUT2D eigenvalue weighted by Gasteiger charge is 2.09.